The van der Waals surface area contributed by atoms with Crippen LogP contribution in [0, 0.1) is 5.92 Å². The van der Waals surface area contributed by atoms with E-state index in [9.17, 15) is 9.59 Å². The SMILES string of the molecule is CN(C)C(=O)c1[nH]c2cc(OCc3ccccc3)ccc2c1C(=O)C1CSN(c2cccnc2)C1. The molecule has 4 aromatic rings. The Morgan fingerprint density at radius 2 is 1.97 bits per heavy atom. The number of H-pyrrole nitrogens is 1. The van der Waals surface area contributed by atoms with Gasteiger partial charge in [0.05, 0.1) is 28.9 Å². The first-order chi connectivity index (χ1) is 17.0. The van der Waals surface area contributed by atoms with Gasteiger partial charge in [-0.15, -0.1) is 0 Å². The van der Waals surface area contributed by atoms with Crippen molar-refractivity contribution in [3.8, 4) is 5.75 Å². The lowest BCUT2D eigenvalue weighted by Gasteiger charge is -2.16. The largest absolute Gasteiger partial charge is 0.489 e. The van der Waals surface area contributed by atoms with Crippen molar-refractivity contribution in [1.82, 2.24) is 14.9 Å². The third-order valence-electron chi connectivity index (χ3n) is 6.01. The van der Waals surface area contributed by atoms with Crippen LogP contribution >= 0.6 is 11.9 Å². The minimum atomic E-state index is -0.234. The fourth-order valence-electron chi connectivity index (χ4n) is 4.18. The second-order valence-corrected chi connectivity index (χ2v) is 9.72. The first-order valence-corrected chi connectivity index (χ1v) is 12.3. The van der Waals surface area contributed by atoms with Crippen molar-refractivity contribution >= 4 is 40.2 Å². The molecular weight excluding hydrogens is 460 g/mol. The second-order valence-electron chi connectivity index (χ2n) is 8.69. The molecule has 1 unspecified atom stereocenters. The summed E-state index contributed by atoms with van der Waals surface area (Å²) in [4.78, 5) is 35.7. The van der Waals surface area contributed by atoms with Crippen LogP contribution in [0.25, 0.3) is 10.9 Å². The Labute approximate surface area is 208 Å². The standard InChI is InChI=1S/C27H26N4O3S/c1-30(2)27(33)25-24(26(32)19-15-31(35-17-19)20-9-6-12-28-14-20)22-11-10-21(13-23(22)29-25)34-16-18-7-4-3-5-8-18/h3-14,19,29H,15-17H2,1-2H3. The molecule has 0 saturated carbocycles. The van der Waals surface area contributed by atoms with Gasteiger partial charge in [0.1, 0.15) is 18.1 Å². The highest BCUT2D eigenvalue weighted by atomic mass is 32.2. The number of fused-ring (bicyclic) bond motifs is 1. The molecule has 3 heterocycles. The van der Waals surface area contributed by atoms with E-state index in [1.165, 1.54) is 4.90 Å². The van der Waals surface area contributed by atoms with Crippen LogP contribution < -0.4 is 9.04 Å². The zero-order chi connectivity index (χ0) is 24.4. The molecule has 0 aliphatic carbocycles. The van der Waals surface area contributed by atoms with E-state index in [0.29, 0.717) is 41.4 Å². The number of aromatic amines is 1. The lowest BCUT2D eigenvalue weighted by Crippen LogP contribution is -2.27. The summed E-state index contributed by atoms with van der Waals surface area (Å²) in [6, 6.07) is 19.4. The van der Waals surface area contributed by atoms with Crippen molar-refractivity contribution in [2.45, 2.75) is 6.61 Å². The highest BCUT2D eigenvalue weighted by Gasteiger charge is 2.34. The highest BCUT2D eigenvalue weighted by molar-refractivity contribution is 8.00. The van der Waals surface area contributed by atoms with Gasteiger partial charge in [-0.1, -0.05) is 30.3 Å². The molecule has 35 heavy (non-hydrogen) atoms. The van der Waals surface area contributed by atoms with E-state index in [4.69, 9.17) is 4.74 Å². The number of amides is 1. The van der Waals surface area contributed by atoms with Gasteiger partial charge >= 0.3 is 0 Å². The van der Waals surface area contributed by atoms with Crippen LogP contribution in [0.3, 0.4) is 0 Å². The van der Waals surface area contributed by atoms with Gasteiger partial charge in [-0.05, 0) is 41.8 Å². The van der Waals surface area contributed by atoms with Crippen molar-refractivity contribution < 1.29 is 14.3 Å². The molecule has 1 aliphatic heterocycles. The molecule has 7 nitrogen and oxygen atoms in total. The topological polar surface area (TPSA) is 78.5 Å². The number of ether oxygens (including phenoxy) is 1. The molecule has 178 valence electrons. The first kappa shape index (κ1) is 23.0. The molecule has 1 atom stereocenters. The summed E-state index contributed by atoms with van der Waals surface area (Å²) in [6.45, 7) is 1.00. The third-order valence-corrected chi connectivity index (χ3v) is 7.23. The lowest BCUT2D eigenvalue weighted by atomic mass is 9.96. The number of hydrogen-bond acceptors (Lipinski definition) is 6. The monoisotopic (exact) mass is 486 g/mol. The average molecular weight is 487 g/mol. The number of rotatable bonds is 7. The van der Waals surface area contributed by atoms with Gasteiger partial charge in [-0.25, -0.2) is 0 Å². The Balaban J connectivity index is 1.44. The molecule has 1 N–H and O–H groups in total. The zero-order valence-corrected chi connectivity index (χ0v) is 20.4. The fraction of sp³-hybridized carbons (Fsp3) is 0.222. The van der Waals surface area contributed by atoms with Crippen LogP contribution in [0.15, 0.2) is 73.1 Å². The summed E-state index contributed by atoms with van der Waals surface area (Å²) in [7, 11) is 3.37. The van der Waals surface area contributed by atoms with E-state index < -0.39 is 0 Å². The maximum atomic E-state index is 13.8. The molecule has 1 saturated heterocycles. The number of carbonyl (C=O) groups excluding carboxylic acids is 2. The summed E-state index contributed by atoms with van der Waals surface area (Å²) in [5, 5.41) is 0.733. The first-order valence-electron chi connectivity index (χ1n) is 11.4. The molecule has 1 fully saturated rings. The Morgan fingerprint density at radius 3 is 2.71 bits per heavy atom. The third kappa shape index (κ3) is 4.74. The number of hydrogen-bond donors (Lipinski definition) is 1. The van der Waals surface area contributed by atoms with Crippen LogP contribution in [0.1, 0.15) is 26.4 Å². The van der Waals surface area contributed by atoms with Crippen LogP contribution in [-0.4, -0.2) is 53.0 Å². The minimum Gasteiger partial charge on any atom is -0.489 e. The predicted octanol–water partition coefficient (Wildman–Crippen LogP) is 4.81. The van der Waals surface area contributed by atoms with Crippen molar-refractivity contribution in [3.63, 3.8) is 0 Å². The number of carbonyl (C=O) groups is 2. The number of benzene rings is 2. The maximum absolute atomic E-state index is 13.8. The Hall–Kier alpha value is -3.78. The molecule has 1 amide bonds. The smallest absolute Gasteiger partial charge is 0.270 e. The molecule has 1 aliphatic rings. The normalized spacial score (nSPS) is 15.4. The van der Waals surface area contributed by atoms with Gasteiger partial charge in [-0.2, -0.15) is 0 Å². The minimum absolute atomic E-state index is 0.0294. The van der Waals surface area contributed by atoms with Gasteiger partial charge in [-0.3, -0.25) is 14.6 Å². The summed E-state index contributed by atoms with van der Waals surface area (Å²) < 4.78 is 8.06. The quantitative estimate of drug-likeness (QED) is 0.298. The zero-order valence-electron chi connectivity index (χ0n) is 19.6. The van der Waals surface area contributed by atoms with Crippen LogP contribution in [0.2, 0.25) is 0 Å². The van der Waals surface area contributed by atoms with Gasteiger partial charge in [0.15, 0.2) is 5.78 Å². The van der Waals surface area contributed by atoms with Crippen molar-refractivity contribution in [3.05, 3.63) is 89.9 Å². The van der Waals surface area contributed by atoms with E-state index in [1.54, 1.807) is 38.4 Å². The fourth-order valence-corrected chi connectivity index (χ4v) is 5.34. The summed E-state index contributed by atoms with van der Waals surface area (Å²) in [5.41, 5.74) is 3.51. The van der Waals surface area contributed by atoms with Crippen molar-refractivity contribution in [2.24, 2.45) is 5.92 Å². The molecule has 0 bridgehead atoms. The van der Waals surface area contributed by atoms with Crippen molar-refractivity contribution in [2.75, 3.05) is 30.7 Å². The van der Waals surface area contributed by atoms with Crippen molar-refractivity contribution in [1.29, 1.82) is 0 Å². The van der Waals surface area contributed by atoms with E-state index in [0.717, 1.165) is 16.6 Å². The van der Waals surface area contributed by atoms with Gasteiger partial charge < -0.3 is 18.9 Å². The molecule has 2 aromatic carbocycles. The molecular formula is C27H26N4O3S. The van der Waals surface area contributed by atoms with E-state index >= 15 is 0 Å². The molecule has 5 rings (SSSR count). The Morgan fingerprint density at radius 1 is 1.14 bits per heavy atom. The summed E-state index contributed by atoms with van der Waals surface area (Å²) in [6.07, 6.45) is 3.53. The lowest BCUT2D eigenvalue weighted by molar-refractivity contribution is 0.0813. The molecule has 0 radical (unpaired) electrons. The predicted molar refractivity (Wildman–Crippen MR) is 139 cm³/mol. The molecule has 0 spiro atoms. The van der Waals surface area contributed by atoms with Gasteiger partial charge in [0, 0.05) is 44.0 Å². The number of anilines is 1. The number of ketones is 1. The summed E-state index contributed by atoms with van der Waals surface area (Å²) in [5.74, 6) is 0.824. The molecule has 8 heteroatoms. The van der Waals surface area contributed by atoms with Crippen LogP contribution in [0.4, 0.5) is 5.69 Å². The molecule has 2 aromatic heterocycles. The van der Waals surface area contributed by atoms with Gasteiger partial charge in [0.2, 0.25) is 0 Å². The number of Topliss-reactive ketones (excluding diaryl/α,β-unsaturated/α-hetero) is 1. The van der Waals surface area contributed by atoms with Gasteiger partial charge in [0.25, 0.3) is 5.91 Å². The van der Waals surface area contributed by atoms with E-state index in [1.807, 2.05) is 60.7 Å². The Bertz CT molecular complexity index is 1360. The maximum Gasteiger partial charge on any atom is 0.270 e. The Kier molecular flexibility index (Phi) is 6.46. The van der Waals surface area contributed by atoms with E-state index in [2.05, 4.69) is 14.3 Å². The average Bonchev–Trinajstić information content (AvgIpc) is 3.53. The second kappa shape index (κ2) is 9.84. The van der Waals surface area contributed by atoms with Crippen LogP contribution in [-0.2, 0) is 6.61 Å². The van der Waals surface area contributed by atoms with E-state index in [-0.39, 0.29) is 17.6 Å². The number of aromatic nitrogens is 2. The van der Waals surface area contributed by atoms with Crippen LogP contribution in [0.5, 0.6) is 5.75 Å². The number of pyridine rings is 1. The number of nitrogens with one attached hydrogen (secondary N) is 1. The summed E-state index contributed by atoms with van der Waals surface area (Å²) >= 11 is 1.61. The highest BCUT2D eigenvalue weighted by Crippen LogP contribution is 2.35. The number of nitrogens with zero attached hydrogens (tertiary/aromatic N) is 3.